The fourth-order valence-corrected chi connectivity index (χ4v) is 4.26. The number of benzene rings is 1. The van der Waals surface area contributed by atoms with E-state index in [0.29, 0.717) is 61.2 Å². The number of morpholine rings is 1. The first-order valence-corrected chi connectivity index (χ1v) is 12.0. The van der Waals surface area contributed by atoms with Crippen molar-refractivity contribution in [2.45, 2.75) is 44.1 Å². The van der Waals surface area contributed by atoms with E-state index in [0.717, 1.165) is 0 Å². The minimum absolute atomic E-state index is 0.0774. The van der Waals surface area contributed by atoms with Crippen LogP contribution in [0.25, 0.3) is 11.3 Å². The summed E-state index contributed by atoms with van der Waals surface area (Å²) in [7, 11) is 0. The second kappa shape index (κ2) is 10.4. The number of nitrogen functional groups attached to an aromatic ring is 1. The third-order valence-electron chi connectivity index (χ3n) is 6.38. The van der Waals surface area contributed by atoms with Crippen molar-refractivity contribution in [2.75, 3.05) is 30.4 Å². The summed E-state index contributed by atoms with van der Waals surface area (Å²) in [5.74, 6) is 0.752. The van der Waals surface area contributed by atoms with Gasteiger partial charge in [-0.3, -0.25) is 4.79 Å². The summed E-state index contributed by atoms with van der Waals surface area (Å²) in [5.41, 5.74) is 7.53. The summed E-state index contributed by atoms with van der Waals surface area (Å²) in [6.45, 7) is 3.92. The van der Waals surface area contributed by atoms with E-state index in [4.69, 9.17) is 20.2 Å². The molecule has 2 fully saturated rings. The first-order valence-electron chi connectivity index (χ1n) is 12.0. The highest BCUT2D eigenvalue weighted by Crippen LogP contribution is 2.30. The van der Waals surface area contributed by atoms with Crippen LogP contribution in [-0.2, 0) is 9.53 Å². The number of aromatic nitrogens is 4. The van der Waals surface area contributed by atoms with E-state index in [1.807, 2.05) is 6.07 Å². The summed E-state index contributed by atoms with van der Waals surface area (Å²) >= 11 is 0. The van der Waals surface area contributed by atoms with E-state index >= 15 is 0 Å². The van der Waals surface area contributed by atoms with Gasteiger partial charge in [-0.2, -0.15) is 4.98 Å². The van der Waals surface area contributed by atoms with Crippen LogP contribution < -0.4 is 20.7 Å². The fourth-order valence-electron chi connectivity index (χ4n) is 4.26. The molecule has 0 radical (unpaired) electrons. The van der Waals surface area contributed by atoms with Crippen LogP contribution in [0.15, 0.2) is 48.8 Å². The van der Waals surface area contributed by atoms with Gasteiger partial charge < -0.3 is 30.5 Å². The second-order valence-corrected chi connectivity index (χ2v) is 9.07. The van der Waals surface area contributed by atoms with Gasteiger partial charge in [0.1, 0.15) is 6.10 Å². The topological polar surface area (TPSA) is 149 Å². The maximum Gasteiger partial charge on any atom is 0.253 e. The second-order valence-electron chi connectivity index (χ2n) is 9.07. The normalized spacial score (nSPS) is 22.4. The highest BCUT2D eigenvalue weighted by molar-refractivity contribution is 5.82. The Bertz CT molecular complexity index is 1190. The summed E-state index contributed by atoms with van der Waals surface area (Å²) in [6.07, 6.45) is 3.14. The zero-order chi connectivity index (χ0) is 25.1. The third-order valence-corrected chi connectivity index (χ3v) is 6.38. The molecule has 1 amide bonds. The smallest absolute Gasteiger partial charge is 0.253 e. The number of ether oxygens (including phenoxy) is 2. The summed E-state index contributed by atoms with van der Waals surface area (Å²) in [5, 5.41) is 13.2. The molecule has 11 nitrogen and oxygen atoms in total. The number of hydrogen-bond donors (Lipinski definition) is 3. The van der Waals surface area contributed by atoms with Crippen LogP contribution in [-0.4, -0.2) is 68.9 Å². The first kappa shape index (κ1) is 23.9. The molecule has 2 atom stereocenters. The SMILES string of the molecule is C[C@H]1COCCN1c1nc(OC2CC(NC(=O)[C@H](O)c3ccccc3)C2)cc(-c2cnc(N)nc2)n1. The molecular formula is C25H29N7O4. The van der Waals surface area contributed by atoms with Crippen LogP contribution >= 0.6 is 0 Å². The van der Waals surface area contributed by atoms with Crippen molar-refractivity contribution in [3.8, 4) is 17.1 Å². The molecule has 1 aliphatic heterocycles. The predicted octanol–water partition coefficient (Wildman–Crippen LogP) is 1.50. The number of aliphatic hydroxyl groups is 1. The van der Waals surface area contributed by atoms with Crippen molar-refractivity contribution in [1.82, 2.24) is 25.3 Å². The van der Waals surface area contributed by atoms with Crippen LogP contribution in [0, 0.1) is 0 Å². The molecule has 1 saturated heterocycles. The number of nitrogens with two attached hydrogens (primary N) is 1. The number of anilines is 2. The van der Waals surface area contributed by atoms with Crippen LogP contribution in [0.3, 0.4) is 0 Å². The van der Waals surface area contributed by atoms with Gasteiger partial charge in [0.05, 0.1) is 24.9 Å². The van der Waals surface area contributed by atoms with Crippen LogP contribution in [0.5, 0.6) is 5.88 Å². The van der Waals surface area contributed by atoms with E-state index in [1.165, 1.54) is 0 Å². The lowest BCUT2D eigenvalue weighted by molar-refractivity contribution is -0.131. The highest BCUT2D eigenvalue weighted by Gasteiger charge is 2.34. The Morgan fingerprint density at radius 2 is 1.97 bits per heavy atom. The average molecular weight is 492 g/mol. The van der Waals surface area contributed by atoms with Crippen molar-refractivity contribution in [3.63, 3.8) is 0 Å². The standard InChI is InChI=1S/C25H29N7O4/c1-15-14-35-8-7-32(15)25-30-20(17-12-27-24(26)28-13-17)11-21(31-25)36-19-9-18(10-19)29-23(34)22(33)16-5-3-2-4-6-16/h2-6,11-13,15,18-19,22,33H,7-10,14H2,1H3,(H,29,34)(H2,26,27,28)/t15-,18?,19?,22+/m0/s1. The summed E-state index contributed by atoms with van der Waals surface area (Å²) < 4.78 is 11.7. The molecule has 0 bridgehead atoms. The fraction of sp³-hybridized carbons (Fsp3) is 0.400. The number of rotatable bonds is 7. The number of carbonyl (C=O) groups is 1. The van der Waals surface area contributed by atoms with Crippen LogP contribution in [0.2, 0.25) is 0 Å². The van der Waals surface area contributed by atoms with E-state index in [1.54, 1.807) is 42.7 Å². The minimum atomic E-state index is -1.20. The molecule has 36 heavy (non-hydrogen) atoms. The Balaban J connectivity index is 1.26. The third kappa shape index (κ3) is 5.37. The van der Waals surface area contributed by atoms with E-state index in [-0.39, 0.29) is 24.1 Å². The molecule has 188 valence electrons. The van der Waals surface area contributed by atoms with Gasteiger partial charge in [0.15, 0.2) is 6.10 Å². The number of hydrogen-bond acceptors (Lipinski definition) is 10. The van der Waals surface area contributed by atoms with Gasteiger partial charge in [-0.1, -0.05) is 30.3 Å². The summed E-state index contributed by atoms with van der Waals surface area (Å²) in [6, 6.07) is 10.7. The van der Waals surface area contributed by atoms with E-state index in [2.05, 4.69) is 32.1 Å². The largest absolute Gasteiger partial charge is 0.474 e. The lowest BCUT2D eigenvalue weighted by Crippen LogP contribution is -2.50. The molecule has 1 aromatic carbocycles. The van der Waals surface area contributed by atoms with Crippen molar-refractivity contribution >= 4 is 17.8 Å². The van der Waals surface area contributed by atoms with Gasteiger partial charge in [0.25, 0.3) is 5.91 Å². The van der Waals surface area contributed by atoms with Gasteiger partial charge in [-0.25, -0.2) is 15.0 Å². The Labute approximate surface area is 208 Å². The maximum atomic E-state index is 12.4. The van der Waals surface area contributed by atoms with Crippen molar-refractivity contribution in [3.05, 3.63) is 54.4 Å². The Hall–Kier alpha value is -3.83. The lowest BCUT2D eigenvalue weighted by Gasteiger charge is -2.36. The monoisotopic (exact) mass is 491 g/mol. The zero-order valence-corrected chi connectivity index (χ0v) is 19.9. The van der Waals surface area contributed by atoms with Crippen molar-refractivity contribution in [1.29, 1.82) is 0 Å². The van der Waals surface area contributed by atoms with E-state index in [9.17, 15) is 9.90 Å². The number of amides is 1. The molecule has 1 aliphatic carbocycles. The molecule has 2 aromatic heterocycles. The first-order chi connectivity index (χ1) is 17.5. The number of carbonyl (C=O) groups excluding carboxylic acids is 1. The molecule has 0 unspecified atom stereocenters. The number of nitrogens with zero attached hydrogens (tertiary/aromatic N) is 5. The molecule has 4 N–H and O–H groups in total. The van der Waals surface area contributed by atoms with E-state index < -0.39 is 12.0 Å². The summed E-state index contributed by atoms with van der Waals surface area (Å²) in [4.78, 5) is 32.1. The Morgan fingerprint density at radius 3 is 2.69 bits per heavy atom. The molecule has 1 saturated carbocycles. The molecule has 0 spiro atoms. The molecule has 2 aliphatic rings. The van der Waals surface area contributed by atoms with Crippen LogP contribution in [0.1, 0.15) is 31.4 Å². The number of aliphatic hydroxyl groups excluding tert-OH is 1. The van der Waals surface area contributed by atoms with Gasteiger partial charge >= 0.3 is 0 Å². The average Bonchev–Trinajstić information content (AvgIpc) is 2.88. The molecule has 11 heteroatoms. The number of nitrogens with one attached hydrogen (secondary N) is 1. The highest BCUT2D eigenvalue weighted by atomic mass is 16.5. The zero-order valence-electron chi connectivity index (χ0n) is 19.9. The lowest BCUT2D eigenvalue weighted by atomic mass is 9.89. The molecule has 3 aromatic rings. The van der Waals surface area contributed by atoms with Crippen molar-refractivity contribution in [2.24, 2.45) is 0 Å². The van der Waals surface area contributed by atoms with Gasteiger partial charge in [-0.15, -0.1) is 0 Å². The van der Waals surface area contributed by atoms with Crippen LogP contribution in [0.4, 0.5) is 11.9 Å². The molecule has 5 rings (SSSR count). The Kier molecular flexibility index (Phi) is 6.92. The van der Waals surface area contributed by atoms with Gasteiger partial charge in [-0.05, 0) is 12.5 Å². The van der Waals surface area contributed by atoms with Gasteiger partial charge in [0, 0.05) is 49.5 Å². The van der Waals surface area contributed by atoms with Gasteiger partial charge in [0.2, 0.25) is 17.8 Å². The molecular weight excluding hydrogens is 462 g/mol. The maximum absolute atomic E-state index is 12.4. The van der Waals surface area contributed by atoms with Crippen molar-refractivity contribution < 1.29 is 19.4 Å². The molecule has 3 heterocycles. The quantitative estimate of drug-likeness (QED) is 0.444. The predicted molar refractivity (Wildman–Crippen MR) is 132 cm³/mol. The minimum Gasteiger partial charge on any atom is -0.474 e. The Morgan fingerprint density at radius 1 is 1.22 bits per heavy atom.